The summed E-state index contributed by atoms with van der Waals surface area (Å²) >= 11 is 0.963. The summed E-state index contributed by atoms with van der Waals surface area (Å²) in [5.41, 5.74) is 2.07. The molecule has 0 spiro atoms. The molecule has 0 saturated heterocycles. The van der Waals surface area contributed by atoms with Crippen molar-refractivity contribution in [2.45, 2.75) is 6.43 Å². The van der Waals surface area contributed by atoms with Gasteiger partial charge in [-0.05, 0) is 12.1 Å². The fourth-order valence-electron chi connectivity index (χ4n) is 1.60. The van der Waals surface area contributed by atoms with Crippen molar-refractivity contribution in [3.05, 3.63) is 34.9 Å². The molecule has 86 valence electrons. The summed E-state index contributed by atoms with van der Waals surface area (Å²) in [5, 5.41) is 2.40. The first kappa shape index (κ1) is 10.3. The minimum atomic E-state index is -2.52. The zero-order valence-corrected chi connectivity index (χ0v) is 9.34. The van der Waals surface area contributed by atoms with Crippen LogP contribution >= 0.6 is 11.3 Å². The number of thiazole rings is 1. The van der Waals surface area contributed by atoms with E-state index in [1.54, 1.807) is 17.8 Å². The van der Waals surface area contributed by atoms with Gasteiger partial charge in [-0.25, -0.2) is 18.7 Å². The number of aromatic nitrogens is 3. The standard InChI is InChI=1S/C11H7F2N3S/c12-9(13)11-16-8(5-17-11)7-3-6-1-2-14-10(6)15-4-7/h1-5,9H,(H,14,15). The maximum Gasteiger partial charge on any atom is 0.289 e. The third-order valence-corrected chi connectivity index (χ3v) is 3.26. The highest BCUT2D eigenvalue weighted by molar-refractivity contribution is 7.10. The van der Waals surface area contributed by atoms with Crippen LogP contribution in [0.1, 0.15) is 11.4 Å². The Labute approximate surface area is 99.2 Å². The Balaban J connectivity index is 2.06. The van der Waals surface area contributed by atoms with E-state index in [0.717, 1.165) is 27.9 Å². The van der Waals surface area contributed by atoms with Crippen molar-refractivity contribution >= 4 is 22.4 Å². The van der Waals surface area contributed by atoms with Gasteiger partial charge in [-0.3, -0.25) is 0 Å². The van der Waals surface area contributed by atoms with Gasteiger partial charge in [0.1, 0.15) is 5.65 Å². The van der Waals surface area contributed by atoms with E-state index in [4.69, 9.17) is 0 Å². The third kappa shape index (κ3) is 1.80. The average Bonchev–Trinajstić information content (AvgIpc) is 2.97. The topological polar surface area (TPSA) is 41.6 Å². The van der Waals surface area contributed by atoms with Gasteiger partial charge < -0.3 is 4.98 Å². The molecule has 3 heterocycles. The van der Waals surface area contributed by atoms with Gasteiger partial charge in [-0.2, -0.15) is 0 Å². The van der Waals surface area contributed by atoms with E-state index in [-0.39, 0.29) is 5.01 Å². The second-order valence-electron chi connectivity index (χ2n) is 3.51. The first-order chi connectivity index (χ1) is 8.24. The molecule has 0 bridgehead atoms. The molecule has 0 amide bonds. The van der Waals surface area contributed by atoms with Crippen molar-refractivity contribution in [1.82, 2.24) is 15.0 Å². The van der Waals surface area contributed by atoms with E-state index in [9.17, 15) is 8.78 Å². The monoisotopic (exact) mass is 251 g/mol. The number of hydrogen-bond donors (Lipinski definition) is 1. The lowest BCUT2D eigenvalue weighted by Gasteiger charge is -1.96. The minimum Gasteiger partial charge on any atom is -0.346 e. The van der Waals surface area contributed by atoms with E-state index in [0.29, 0.717) is 5.69 Å². The first-order valence-electron chi connectivity index (χ1n) is 4.91. The van der Waals surface area contributed by atoms with Crippen LogP contribution in [0.2, 0.25) is 0 Å². The van der Waals surface area contributed by atoms with Gasteiger partial charge in [0.05, 0.1) is 5.69 Å². The highest BCUT2D eigenvalue weighted by Gasteiger charge is 2.13. The molecule has 1 N–H and O–H groups in total. The number of nitrogens with one attached hydrogen (secondary N) is 1. The van der Waals surface area contributed by atoms with E-state index >= 15 is 0 Å². The van der Waals surface area contributed by atoms with Crippen LogP contribution in [0.3, 0.4) is 0 Å². The van der Waals surface area contributed by atoms with E-state index in [1.165, 1.54) is 0 Å². The maximum absolute atomic E-state index is 12.4. The lowest BCUT2D eigenvalue weighted by Crippen LogP contribution is -1.84. The quantitative estimate of drug-likeness (QED) is 0.755. The largest absolute Gasteiger partial charge is 0.346 e. The van der Waals surface area contributed by atoms with E-state index in [1.807, 2.05) is 12.1 Å². The number of nitrogens with zero attached hydrogens (tertiary/aromatic N) is 2. The molecule has 0 fully saturated rings. The summed E-state index contributed by atoms with van der Waals surface area (Å²) in [6.45, 7) is 0. The summed E-state index contributed by atoms with van der Waals surface area (Å²) in [7, 11) is 0. The fraction of sp³-hybridized carbons (Fsp3) is 0.0909. The molecule has 6 heteroatoms. The molecule has 0 atom stereocenters. The molecule has 0 aliphatic heterocycles. The van der Waals surface area contributed by atoms with Crippen LogP contribution in [0, 0.1) is 0 Å². The lowest BCUT2D eigenvalue weighted by molar-refractivity contribution is 0.151. The molecule has 0 aliphatic carbocycles. The molecule has 3 aromatic rings. The summed E-state index contributed by atoms with van der Waals surface area (Å²) in [4.78, 5) is 11.1. The Morgan fingerprint density at radius 1 is 1.35 bits per heavy atom. The number of hydrogen-bond acceptors (Lipinski definition) is 3. The number of alkyl halides is 2. The lowest BCUT2D eigenvalue weighted by atomic mass is 10.2. The van der Waals surface area contributed by atoms with Gasteiger partial charge in [0, 0.05) is 28.7 Å². The van der Waals surface area contributed by atoms with Crippen molar-refractivity contribution in [2.24, 2.45) is 0 Å². The van der Waals surface area contributed by atoms with Crippen LogP contribution in [-0.4, -0.2) is 15.0 Å². The van der Waals surface area contributed by atoms with Crippen LogP contribution < -0.4 is 0 Å². The predicted molar refractivity (Wildman–Crippen MR) is 62.2 cm³/mol. The molecular formula is C11H7F2N3S. The SMILES string of the molecule is FC(F)c1nc(-c2cnc3[nH]ccc3c2)cs1. The number of halogens is 2. The summed E-state index contributed by atoms with van der Waals surface area (Å²) in [6, 6.07) is 3.76. The average molecular weight is 251 g/mol. The van der Waals surface area contributed by atoms with Gasteiger partial charge in [0.2, 0.25) is 0 Å². The molecule has 17 heavy (non-hydrogen) atoms. The smallest absolute Gasteiger partial charge is 0.289 e. The molecule has 0 radical (unpaired) electrons. The molecule has 3 rings (SSSR count). The molecular weight excluding hydrogens is 244 g/mol. The van der Waals surface area contributed by atoms with Gasteiger partial charge in [-0.1, -0.05) is 0 Å². The zero-order chi connectivity index (χ0) is 11.8. The van der Waals surface area contributed by atoms with E-state index in [2.05, 4.69) is 15.0 Å². The number of fused-ring (bicyclic) bond motifs is 1. The van der Waals surface area contributed by atoms with Crippen LogP contribution in [0.5, 0.6) is 0 Å². The highest BCUT2D eigenvalue weighted by Crippen LogP contribution is 2.28. The summed E-state index contributed by atoms with van der Waals surface area (Å²) in [5.74, 6) is 0. The molecule has 0 aliphatic rings. The van der Waals surface area contributed by atoms with Crippen molar-refractivity contribution in [3.63, 3.8) is 0 Å². The molecule has 3 aromatic heterocycles. The number of rotatable bonds is 2. The van der Waals surface area contributed by atoms with Crippen molar-refractivity contribution < 1.29 is 8.78 Å². The Bertz CT molecular complexity index is 659. The van der Waals surface area contributed by atoms with Gasteiger partial charge in [0.25, 0.3) is 6.43 Å². The fourth-order valence-corrected chi connectivity index (χ4v) is 2.28. The molecule has 0 aromatic carbocycles. The highest BCUT2D eigenvalue weighted by atomic mass is 32.1. The molecule has 0 unspecified atom stereocenters. The first-order valence-corrected chi connectivity index (χ1v) is 5.79. The minimum absolute atomic E-state index is 0.158. The Hall–Kier alpha value is -1.82. The van der Waals surface area contributed by atoms with Gasteiger partial charge >= 0.3 is 0 Å². The second-order valence-corrected chi connectivity index (χ2v) is 4.40. The van der Waals surface area contributed by atoms with E-state index < -0.39 is 6.43 Å². The summed E-state index contributed by atoms with van der Waals surface area (Å²) in [6.07, 6.45) is 0.897. The zero-order valence-electron chi connectivity index (χ0n) is 8.52. The third-order valence-electron chi connectivity index (χ3n) is 2.40. The number of H-pyrrole nitrogens is 1. The van der Waals surface area contributed by atoms with Crippen LogP contribution in [-0.2, 0) is 0 Å². The Kier molecular flexibility index (Phi) is 2.36. The molecule has 3 nitrogen and oxygen atoms in total. The van der Waals surface area contributed by atoms with Crippen molar-refractivity contribution in [3.8, 4) is 11.3 Å². The van der Waals surface area contributed by atoms with Gasteiger partial charge in [-0.15, -0.1) is 11.3 Å². The maximum atomic E-state index is 12.4. The normalized spacial score (nSPS) is 11.5. The summed E-state index contributed by atoms with van der Waals surface area (Å²) < 4.78 is 24.9. The van der Waals surface area contributed by atoms with Crippen LogP contribution in [0.25, 0.3) is 22.3 Å². The predicted octanol–water partition coefficient (Wildman–Crippen LogP) is 3.62. The Morgan fingerprint density at radius 2 is 2.24 bits per heavy atom. The number of aromatic amines is 1. The van der Waals surface area contributed by atoms with Crippen molar-refractivity contribution in [1.29, 1.82) is 0 Å². The number of pyridine rings is 1. The van der Waals surface area contributed by atoms with Crippen molar-refractivity contribution in [2.75, 3.05) is 0 Å². The van der Waals surface area contributed by atoms with Gasteiger partial charge in [0.15, 0.2) is 5.01 Å². The van der Waals surface area contributed by atoms with Crippen LogP contribution in [0.4, 0.5) is 8.78 Å². The second kappa shape index (κ2) is 3.89. The van der Waals surface area contributed by atoms with Crippen LogP contribution in [0.15, 0.2) is 29.9 Å². The molecule has 0 saturated carbocycles. The Morgan fingerprint density at radius 3 is 3.00 bits per heavy atom.